The van der Waals surface area contributed by atoms with Crippen LogP contribution in [0.2, 0.25) is 0 Å². The summed E-state index contributed by atoms with van der Waals surface area (Å²) in [5, 5.41) is 3.40. The number of benzene rings is 1. The Morgan fingerprint density at radius 1 is 1.08 bits per heavy atom. The second-order valence-electron chi connectivity index (χ2n) is 5.40. The molecule has 4 aromatic rings. The number of para-hydroxylation sites is 1. The molecular weight excluding hydrogens is 334 g/mol. The highest BCUT2D eigenvalue weighted by Crippen LogP contribution is 2.21. The highest BCUT2D eigenvalue weighted by Gasteiger charge is 2.12. The van der Waals surface area contributed by atoms with Crippen LogP contribution in [0.4, 0.5) is 0 Å². The molecule has 4 rings (SSSR count). The summed E-state index contributed by atoms with van der Waals surface area (Å²) in [6, 6.07) is 13.5. The number of thiazole rings is 1. The molecule has 25 heavy (non-hydrogen) atoms. The lowest BCUT2D eigenvalue weighted by atomic mass is 10.3. The van der Waals surface area contributed by atoms with Gasteiger partial charge in [0.05, 0.1) is 10.2 Å². The topological polar surface area (TPSA) is 72.7 Å². The van der Waals surface area contributed by atoms with Gasteiger partial charge in [0, 0.05) is 31.7 Å². The minimum atomic E-state index is -0.152. The van der Waals surface area contributed by atoms with E-state index in [1.807, 2.05) is 53.2 Å². The summed E-state index contributed by atoms with van der Waals surface area (Å²) in [6.45, 7) is 1.10. The van der Waals surface area contributed by atoms with Crippen molar-refractivity contribution in [1.82, 2.24) is 24.8 Å². The largest absolute Gasteiger partial charge is 0.348 e. The van der Waals surface area contributed by atoms with Crippen LogP contribution in [0.3, 0.4) is 0 Å². The van der Waals surface area contributed by atoms with E-state index >= 15 is 0 Å². The second-order valence-corrected chi connectivity index (χ2v) is 6.43. The molecule has 124 valence electrons. The second kappa shape index (κ2) is 6.82. The van der Waals surface area contributed by atoms with E-state index in [1.54, 1.807) is 12.4 Å². The number of nitrogens with one attached hydrogen (secondary N) is 1. The molecule has 0 atom stereocenters. The fourth-order valence-corrected chi connectivity index (χ4v) is 3.43. The lowest BCUT2D eigenvalue weighted by Crippen LogP contribution is -2.27. The SMILES string of the molecule is O=C(NCCn1ccnc1-c1ccccn1)c1nc2ccccc2s1. The van der Waals surface area contributed by atoms with E-state index < -0.39 is 0 Å². The molecule has 0 aliphatic carbocycles. The van der Waals surface area contributed by atoms with Crippen LogP contribution in [-0.2, 0) is 6.54 Å². The average molecular weight is 349 g/mol. The number of carbonyl (C=O) groups excluding carboxylic acids is 1. The van der Waals surface area contributed by atoms with Gasteiger partial charge in [-0.15, -0.1) is 11.3 Å². The Hall–Kier alpha value is -3.06. The Balaban J connectivity index is 1.41. The Labute approximate surface area is 148 Å². The predicted octanol–water partition coefficient (Wildman–Crippen LogP) is 2.98. The molecule has 3 aromatic heterocycles. The Kier molecular flexibility index (Phi) is 4.22. The molecule has 0 unspecified atom stereocenters. The maximum absolute atomic E-state index is 12.3. The van der Waals surface area contributed by atoms with Crippen LogP contribution in [0.1, 0.15) is 9.80 Å². The quantitative estimate of drug-likeness (QED) is 0.601. The van der Waals surface area contributed by atoms with E-state index in [1.165, 1.54) is 11.3 Å². The first-order valence-electron chi connectivity index (χ1n) is 7.87. The number of amides is 1. The molecule has 1 N–H and O–H groups in total. The van der Waals surface area contributed by atoms with Gasteiger partial charge in [0.1, 0.15) is 5.69 Å². The summed E-state index contributed by atoms with van der Waals surface area (Å²) in [6.07, 6.45) is 5.36. The van der Waals surface area contributed by atoms with Gasteiger partial charge >= 0.3 is 0 Å². The molecule has 0 bridgehead atoms. The van der Waals surface area contributed by atoms with Gasteiger partial charge in [-0.25, -0.2) is 9.97 Å². The van der Waals surface area contributed by atoms with Crippen molar-refractivity contribution in [3.05, 3.63) is 66.1 Å². The molecule has 0 saturated carbocycles. The molecule has 6 nitrogen and oxygen atoms in total. The van der Waals surface area contributed by atoms with E-state index in [4.69, 9.17) is 0 Å². The molecule has 1 aromatic carbocycles. The first-order valence-corrected chi connectivity index (χ1v) is 8.69. The van der Waals surface area contributed by atoms with Gasteiger partial charge in [-0.05, 0) is 24.3 Å². The number of aromatic nitrogens is 4. The standard InChI is InChI=1S/C18H15N5OS/c24-17(18-22-13-5-1-2-7-15(13)25-18)21-10-12-23-11-9-20-16(23)14-6-3-4-8-19-14/h1-9,11H,10,12H2,(H,21,24). The lowest BCUT2D eigenvalue weighted by Gasteiger charge is -2.08. The third-order valence-corrected chi connectivity index (χ3v) is 4.77. The first-order chi connectivity index (χ1) is 12.3. The molecule has 0 aliphatic rings. The van der Waals surface area contributed by atoms with E-state index in [-0.39, 0.29) is 5.91 Å². The molecule has 0 radical (unpaired) electrons. The maximum Gasteiger partial charge on any atom is 0.280 e. The van der Waals surface area contributed by atoms with Crippen molar-refractivity contribution in [3.8, 4) is 11.5 Å². The van der Waals surface area contributed by atoms with E-state index in [0.717, 1.165) is 21.7 Å². The van der Waals surface area contributed by atoms with E-state index in [9.17, 15) is 4.79 Å². The van der Waals surface area contributed by atoms with Gasteiger partial charge in [-0.2, -0.15) is 0 Å². The monoisotopic (exact) mass is 349 g/mol. The summed E-state index contributed by atoms with van der Waals surface area (Å²) < 4.78 is 2.99. The van der Waals surface area contributed by atoms with Crippen molar-refractivity contribution in [2.45, 2.75) is 6.54 Å². The number of fused-ring (bicyclic) bond motifs is 1. The van der Waals surface area contributed by atoms with Gasteiger partial charge in [0.15, 0.2) is 10.8 Å². The fourth-order valence-electron chi connectivity index (χ4n) is 2.55. The zero-order valence-corrected chi connectivity index (χ0v) is 14.1. The van der Waals surface area contributed by atoms with Gasteiger partial charge in [0.25, 0.3) is 5.91 Å². The maximum atomic E-state index is 12.3. The third kappa shape index (κ3) is 3.27. The number of imidazole rings is 1. The van der Waals surface area contributed by atoms with Gasteiger partial charge in [0.2, 0.25) is 0 Å². The van der Waals surface area contributed by atoms with Crippen LogP contribution >= 0.6 is 11.3 Å². The van der Waals surface area contributed by atoms with Crippen molar-refractivity contribution in [3.63, 3.8) is 0 Å². The van der Waals surface area contributed by atoms with Crippen LogP contribution in [0.25, 0.3) is 21.7 Å². The van der Waals surface area contributed by atoms with Crippen LogP contribution in [0.5, 0.6) is 0 Å². The highest BCUT2D eigenvalue weighted by atomic mass is 32.1. The normalized spacial score (nSPS) is 10.9. The predicted molar refractivity (Wildman–Crippen MR) is 97.4 cm³/mol. The van der Waals surface area contributed by atoms with Crippen LogP contribution in [0.15, 0.2) is 61.1 Å². The van der Waals surface area contributed by atoms with Gasteiger partial charge in [-0.1, -0.05) is 18.2 Å². The fraction of sp³-hybridized carbons (Fsp3) is 0.111. The first kappa shape index (κ1) is 15.5. The molecule has 3 heterocycles. The number of hydrogen-bond acceptors (Lipinski definition) is 5. The number of rotatable bonds is 5. The molecule has 0 fully saturated rings. The smallest absolute Gasteiger partial charge is 0.280 e. The molecule has 1 amide bonds. The Bertz CT molecular complexity index is 975. The number of carbonyl (C=O) groups is 1. The lowest BCUT2D eigenvalue weighted by molar-refractivity contribution is 0.0952. The minimum Gasteiger partial charge on any atom is -0.348 e. The minimum absolute atomic E-state index is 0.152. The summed E-state index contributed by atoms with van der Waals surface area (Å²) in [5.74, 6) is 0.635. The van der Waals surface area contributed by atoms with E-state index in [2.05, 4.69) is 20.3 Å². The summed E-state index contributed by atoms with van der Waals surface area (Å²) in [5.41, 5.74) is 1.66. The zero-order valence-electron chi connectivity index (χ0n) is 13.3. The molecule has 0 spiro atoms. The van der Waals surface area contributed by atoms with Crippen molar-refractivity contribution in [2.24, 2.45) is 0 Å². The molecule has 0 aliphatic heterocycles. The Morgan fingerprint density at radius 2 is 1.96 bits per heavy atom. The summed E-state index contributed by atoms with van der Waals surface area (Å²) in [4.78, 5) is 25.3. The van der Waals surface area contributed by atoms with Crippen molar-refractivity contribution < 1.29 is 4.79 Å². The Morgan fingerprint density at radius 3 is 2.80 bits per heavy atom. The van der Waals surface area contributed by atoms with Gasteiger partial charge in [-0.3, -0.25) is 9.78 Å². The van der Waals surface area contributed by atoms with Crippen LogP contribution in [0, 0.1) is 0 Å². The van der Waals surface area contributed by atoms with Crippen molar-refractivity contribution in [2.75, 3.05) is 6.54 Å². The highest BCUT2D eigenvalue weighted by molar-refractivity contribution is 7.20. The van der Waals surface area contributed by atoms with Crippen molar-refractivity contribution in [1.29, 1.82) is 0 Å². The van der Waals surface area contributed by atoms with Crippen LogP contribution < -0.4 is 5.32 Å². The molecular formula is C18H15N5OS. The molecule has 0 saturated heterocycles. The van der Waals surface area contributed by atoms with Gasteiger partial charge < -0.3 is 9.88 Å². The zero-order chi connectivity index (χ0) is 17.1. The third-order valence-electron chi connectivity index (χ3n) is 3.74. The summed E-state index contributed by atoms with van der Waals surface area (Å²) in [7, 11) is 0. The number of nitrogens with zero attached hydrogens (tertiary/aromatic N) is 4. The number of hydrogen-bond donors (Lipinski definition) is 1. The number of pyridine rings is 1. The van der Waals surface area contributed by atoms with Crippen molar-refractivity contribution >= 4 is 27.5 Å². The average Bonchev–Trinajstić information content (AvgIpc) is 3.29. The van der Waals surface area contributed by atoms with Crippen LogP contribution in [-0.4, -0.2) is 32.0 Å². The summed E-state index contributed by atoms with van der Waals surface area (Å²) >= 11 is 1.40. The molecule has 7 heteroatoms. The van der Waals surface area contributed by atoms with E-state index in [0.29, 0.717) is 18.1 Å².